The molecule has 0 fully saturated rings. The van der Waals surface area contributed by atoms with Gasteiger partial charge in [-0.2, -0.15) is 0 Å². The number of esters is 1. The van der Waals surface area contributed by atoms with Crippen molar-refractivity contribution in [2.45, 2.75) is 25.7 Å². The van der Waals surface area contributed by atoms with Gasteiger partial charge in [-0.1, -0.05) is 24.3 Å². The molecule has 0 amide bonds. The Morgan fingerprint density at radius 1 is 1.14 bits per heavy atom. The maximum Gasteiger partial charge on any atom is 0.313 e. The van der Waals surface area contributed by atoms with Crippen molar-refractivity contribution >= 4 is 16.7 Å². The number of ether oxygens (including phenoxy) is 2. The molecule has 0 aliphatic heterocycles. The Labute approximate surface area is 130 Å². The molecule has 0 aliphatic carbocycles. The van der Waals surface area contributed by atoms with E-state index in [0.29, 0.717) is 12.8 Å². The molecule has 2 aromatic carbocycles. The molecule has 1 atom stereocenters. The van der Waals surface area contributed by atoms with E-state index in [-0.39, 0.29) is 25.2 Å². The van der Waals surface area contributed by atoms with Crippen molar-refractivity contribution < 1.29 is 18.7 Å². The molecule has 0 saturated carbocycles. The zero-order valence-corrected chi connectivity index (χ0v) is 13.0. The highest BCUT2D eigenvalue weighted by Crippen LogP contribution is 2.25. The Kier molecular flexibility index (Phi) is 5.75. The van der Waals surface area contributed by atoms with Crippen LogP contribution in [0.15, 0.2) is 36.4 Å². The van der Waals surface area contributed by atoms with Crippen LogP contribution in [0, 0.1) is 0 Å². The van der Waals surface area contributed by atoms with Crippen LogP contribution < -0.4 is 4.74 Å². The van der Waals surface area contributed by atoms with E-state index in [9.17, 15) is 9.18 Å². The van der Waals surface area contributed by atoms with Gasteiger partial charge >= 0.3 is 5.97 Å². The van der Waals surface area contributed by atoms with Crippen LogP contribution in [0.2, 0.25) is 0 Å². The van der Waals surface area contributed by atoms with Crippen LogP contribution in [0.1, 0.15) is 31.2 Å². The number of methoxy groups -OCH3 is 1. The molecule has 0 saturated heterocycles. The van der Waals surface area contributed by atoms with Gasteiger partial charge in [-0.15, -0.1) is 0 Å². The number of unbranched alkanes of at least 4 members (excludes halogenated alkanes) is 1. The van der Waals surface area contributed by atoms with Crippen molar-refractivity contribution in [1.82, 2.24) is 0 Å². The normalized spacial score (nSPS) is 12.1. The zero-order valence-electron chi connectivity index (χ0n) is 13.0. The third-order valence-electron chi connectivity index (χ3n) is 3.70. The molecule has 1 unspecified atom stereocenters. The molecule has 22 heavy (non-hydrogen) atoms. The molecular formula is C18H21FO3. The molecule has 0 bridgehead atoms. The van der Waals surface area contributed by atoms with E-state index >= 15 is 0 Å². The smallest absolute Gasteiger partial charge is 0.313 e. The topological polar surface area (TPSA) is 35.5 Å². The fraction of sp³-hybridized carbons (Fsp3) is 0.389. The Morgan fingerprint density at radius 3 is 2.59 bits per heavy atom. The van der Waals surface area contributed by atoms with Gasteiger partial charge in [0.15, 0.2) is 0 Å². The highest BCUT2D eigenvalue weighted by molar-refractivity contribution is 5.86. The molecule has 0 heterocycles. The molecule has 3 nitrogen and oxygen atoms in total. The Morgan fingerprint density at radius 2 is 1.86 bits per heavy atom. The van der Waals surface area contributed by atoms with Crippen LogP contribution in [0.25, 0.3) is 10.8 Å². The van der Waals surface area contributed by atoms with Crippen molar-refractivity contribution in [2.75, 3.05) is 20.4 Å². The Hall–Kier alpha value is -2.10. The maximum atomic E-state index is 12.0. The summed E-state index contributed by atoms with van der Waals surface area (Å²) in [4.78, 5) is 12.0. The summed E-state index contributed by atoms with van der Waals surface area (Å²) < 4.78 is 22.4. The molecule has 0 aromatic heterocycles. The fourth-order valence-corrected chi connectivity index (χ4v) is 2.27. The maximum absolute atomic E-state index is 12.0. The molecule has 4 heteroatoms. The van der Waals surface area contributed by atoms with E-state index in [2.05, 4.69) is 0 Å². The highest BCUT2D eigenvalue weighted by atomic mass is 19.1. The van der Waals surface area contributed by atoms with E-state index < -0.39 is 0 Å². The molecule has 0 aliphatic rings. The van der Waals surface area contributed by atoms with E-state index in [0.717, 1.165) is 22.1 Å². The fourth-order valence-electron chi connectivity index (χ4n) is 2.27. The van der Waals surface area contributed by atoms with Gasteiger partial charge in [-0.05, 0) is 48.2 Å². The summed E-state index contributed by atoms with van der Waals surface area (Å²) in [5.74, 6) is 0.198. The summed E-state index contributed by atoms with van der Waals surface area (Å²) in [6, 6.07) is 11.7. The van der Waals surface area contributed by atoms with Gasteiger partial charge in [0.2, 0.25) is 0 Å². The van der Waals surface area contributed by atoms with Crippen LogP contribution in [0.4, 0.5) is 4.39 Å². The van der Waals surface area contributed by atoms with Gasteiger partial charge in [-0.3, -0.25) is 9.18 Å². The van der Waals surface area contributed by atoms with Crippen LogP contribution >= 0.6 is 0 Å². The molecular weight excluding hydrogens is 283 g/mol. The lowest BCUT2D eigenvalue weighted by molar-refractivity contribution is -0.145. The predicted octanol–water partition coefficient (Wildman–Crippen LogP) is 4.24. The van der Waals surface area contributed by atoms with Gasteiger partial charge in [-0.25, -0.2) is 0 Å². The van der Waals surface area contributed by atoms with E-state index in [1.54, 1.807) is 7.11 Å². The highest BCUT2D eigenvalue weighted by Gasteiger charge is 2.17. The van der Waals surface area contributed by atoms with Crippen LogP contribution in [-0.4, -0.2) is 26.4 Å². The predicted molar refractivity (Wildman–Crippen MR) is 85.1 cm³/mol. The largest absolute Gasteiger partial charge is 0.497 e. The second kappa shape index (κ2) is 7.78. The Bertz CT molecular complexity index is 639. The van der Waals surface area contributed by atoms with Crippen LogP contribution in [-0.2, 0) is 9.53 Å². The van der Waals surface area contributed by atoms with Crippen molar-refractivity contribution in [3.05, 3.63) is 42.0 Å². The number of hydrogen-bond donors (Lipinski definition) is 0. The van der Waals surface area contributed by atoms with Crippen LogP contribution in [0.5, 0.6) is 5.75 Å². The van der Waals surface area contributed by atoms with Gasteiger partial charge in [0.25, 0.3) is 0 Å². The lowest BCUT2D eigenvalue weighted by Gasteiger charge is -2.13. The lowest BCUT2D eigenvalue weighted by Crippen LogP contribution is -2.14. The molecule has 2 aromatic rings. The molecule has 0 radical (unpaired) electrons. The number of hydrogen-bond acceptors (Lipinski definition) is 3. The first-order chi connectivity index (χ1) is 10.7. The minimum Gasteiger partial charge on any atom is -0.497 e. The SMILES string of the molecule is COc1ccc2cc(C(C)C(=O)OCCCCF)ccc2c1. The molecule has 2 rings (SSSR count). The third-order valence-corrected chi connectivity index (χ3v) is 3.70. The number of rotatable bonds is 7. The van der Waals surface area contributed by atoms with Crippen molar-refractivity contribution in [2.24, 2.45) is 0 Å². The minimum absolute atomic E-state index is 0.272. The monoisotopic (exact) mass is 304 g/mol. The van der Waals surface area contributed by atoms with Crippen molar-refractivity contribution in [3.8, 4) is 5.75 Å². The van der Waals surface area contributed by atoms with Gasteiger partial charge in [0.05, 0.1) is 26.3 Å². The second-order valence-electron chi connectivity index (χ2n) is 5.26. The summed E-state index contributed by atoms with van der Waals surface area (Å²) >= 11 is 0. The number of benzene rings is 2. The quantitative estimate of drug-likeness (QED) is 0.567. The number of carbonyl (C=O) groups is 1. The molecule has 0 N–H and O–H groups in total. The standard InChI is InChI=1S/C18H21FO3/c1-13(18(20)22-10-4-3-9-19)14-5-6-16-12-17(21-2)8-7-15(16)11-14/h5-8,11-13H,3-4,9-10H2,1-2H3. The minimum atomic E-state index is -0.374. The second-order valence-corrected chi connectivity index (χ2v) is 5.26. The molecule has 118 valence electrons. The number of carbonyl (C=O) groups excluding carboxylic acids is 1. The average molecular weight is 304 g/mol. The first kappa shape index (κ1) is 16.3. The summed E-state index contributed by atoms with van der Waals surface area (Å²) in [6.45, 7) is 1.72. The van der Waals surface area contributed by atoms with Gasteiger partial charge in [0.1, 0.15) is 5.75 Å². The van der Waals surface area contributed by atoms with E-state index in [4.69, 9.17) is 9.47 Å². The zero-order chi connectivity index (χ0) is 15.9. The summed E-state index contributed by atoms with van der Waals surface area (Å²) in [5, 5.41) is 2.11. The Balaban J connectivity index is 2.07. The van der Waals surface area contributed by atoms with Crippen LogP contribution in [0.3, 0.4) is 0 Å². The lowest BCUT2D eigenvalue weighted by atomic mass is 9.98. The number of halogens is 1. The van der Waals surface area contributed by atoms with Crippen molar-refractivity contribution in [1.29, 1.82) is 0 Å². The summed E-state index contributed by atoms with van der Waals surface area (Å²) in [5.41, 5.74) is 0.910. The van der Waals surface area contributed by atoms with E-state index in [1.807, 2.05) is 43.3 Å². The first-order valence-electron chi connectivity index (χ1n) is 7.46. The summed E-state index contributed by atoms with van der Waals surface area (Å²) in [7, 11) is 1.64. The molecule has 0 spiro atoms. The van der Waals surface area contributed by atoms with E-state index in [1.165, 1.54) is 0 Å². The average Bonchev–Trinajstić information content (AvgIpc) is 2.56. The summed E-state index contributed by atoms with van der Waals surface area (Å²) in [6.07, 6.45) is 0.992. The van der Waals surface area contributed by atoms with Gasteiger partial charge < -0.3 is 9.47 Å². The van der Waals surface area contributed by atoms with Gasteiger partial charge in [0, 0.05) is 0 Å². The van der Waals surface area contributed by atoms with Crippen molar-refractivity contribution in [3.63, 3.8) is 0 Å². The number of fused-ring (bicyclic) bond motifs is 1. The first-order valence-corrected chi connectivity index (χ1v) is 7.46. The number of alkyl halides is 1. The third kappa shape index (κ3) is 3.97.